The Morgan fingerprint density at radius 2 is 1.78 bits per heavy atom. The first kappa shape index (κ1) is 25.7. The lowest BCUT2D eigenvalue weighted by molar-refractivity contribution is -0.136. The Labute approximate surface area is 217 Å². The van der Waals surface area contributed by atoms with Crippen molar-refractivity contribution in [3.8, 4) is 11.5 Å². The van der Waals surface area contributed by atoms with Gasteiger partial charge < -0.3 is 29.2 Å². The van der Waals surface area contributed by atoms with E-state index in [1.807, 2.05) is 42.5 Å². The van der Waals surface area contributed by atoms with E-state index in [9.17, 15) is 9.59 Å². The van der Waals surface area contributed by atoms with E-state index in [0.29, 0.717) is 52.0 Å². The van der Waals surface area contributed by atoms with E-state index in [4.69, 9.17) is 18.9 Å². The number of methoxy groups -OCH3 is 1. The molecule has 0 radical (unpaired) electrons. The van der Waals surface area contributed by atoms with Crippen LogP contribution in [0.15, 0.2) is 48.5 Å². The average molecular weight is 510 g/mol. The van der Waals surface area contributed by atoms with Crippen LogP contribution in [0, 0.1) is 0 Å². The fourth-order valence-electron chi connectivity index (χ4n) is 4.85. The standard InChI is InChI=1S/C28H35N3O6/c1-34-10-11-35-19-28(33)31-15-25-26(16-31)36-18-21-5-3-7-24(13-21)37-23-6-2-4-20(12-23)14-30(22-8-9-22)17-27(32)29-25/h2-7,12-13,22,25-26H,8-11,14-19H2,1H3,(H,29,32)/t25-,26-/m0/s1. The minimum absolute atomic E-state index is 0.0237. The van der Waals surface area contributed by atoms with Crippen molar-refractivity contribution in [3.63, 3.8) is 0 Å². The number of amides is 2. The van der Waals surface area contributed by atoms with E-state index in [2.05, 4.69) is 16.3 Å². The van der Waals surface area contributed by atoms with Crippen molar-refractivity contribution in [2.75, 3.05) is 46.6 Å². The summed E-state index contributed by atoms with van der Waals surface area (Å²) < 4.78 is 22.8. The summed E-state index contributed by atoms with van der Waals surface area (Å²) in [5.74, 6) is 1.32. The molecule has 2 amide bonds. The Kier molecular flexibility index (Phi) is 8.35. The van der Waals surface area contributed by atoms with Crippen LogP contribution >= 0.6 is 0 Å². The maximum absolute atomic E-state index is 13.2. The summed E-state index contributed by atoms with van der Waals surface area (Å²) in [6.07, 6.45) is 1.86. The number of nitrogens with one attached hydrogen (secondary N) is 1. The molecule has 1 N–H and O–H groups in total. The van der Waals surface area contributed by atoms with Gasteiger partial charge in [0.05, 0.1) is 38.5 Å². The summed E-state index contributed by atoms with van der Waals surface area (Å²) >= 11 is 0. The number of rotatable bonds is 6. The molecule has 1 saturated carbocycles. The quantitative estimate of drug-likeness (QED) is 0.598. The Balaban J connectivity index is 1.34. The van der Waals surface area contributed by atoms with Crippen LogP contribution in [0.3, 0.4) is 0 Å². The van der Waals surface area contributed by atoms with E-state index >= 15 is 0 Å². The lowest BCUT2D eigenvalue weighted by atomic mass is 10.1. The van der Waals surface area contributed by atoms with Gasteiger partial charge in [-0.25, -0.2) is 0 Å². The van der Waals surface area contributed by atoms with Gasteiger partial charge in [-0.05, 0) is 48.2 Å². The van der Waals surface area contributed by atoms with Crippen LogP contribution in [-0.4, -0.2) is 86.4 Å². The van der Waals surface area contributed by atoms with Gasteiger partial charge in [0, 0.05) is 32.8 Å². The number of benzene rings is 2. The number of nitrogens with zero attached hydrogens (tertiary/aromatic N) is 2. The Hall–Kier alpha value is -2.98. The van der Waals surface area contributed by atoms with Gasteiger partial charge >= 0.3 is 0 Å². The molecular formula is C28H35N3O6. The molecule has 2 aromatic carbocycles. The number of ether oxygens (including phenoxy) is 4. The number of hydrogen-bond donors (Lipinski definition) is 1. The molecule has 198 valence electrons. The molecule has 37 heavy (non-hydrogen) atoms. The summed E-state index contributed by atoms with van der Waals surface area (Å²) in [7, 11) is 1.59. The topological polar surface area (TPSA) is 89.6 Å². The number of carbonyl (C=O) groups is 2. The van der Waals surface area contributed by atoms with E-state index < -0.39 is 0 Å². The van der Waals surface area contributed by atoms with E-state index in [1.54, 1.807) is 12.0 Å². The van der Waals surface area contributed by atoms with Crippen LogP contribution in [-0.2, 0) is 37.0 Å². The molecule has 5 rings (SSSR count). The third-order valence-corrected chi connectivity index (χ3v) is 6.91. The molecule has 0 aromatic heterocycles. The number of fused-ring (bicyclic) bond motifs is 5. The van der Waals surface area contributed by atoms with Crippen LogP contribution < -0.4 is 10.1 Å². The summed E-state index contributed by atoms with van der Waals surface area (Å²) in [6, 6.07) is 16.0. The van der Waals surface area contributed by atoms with Gasteiger partial charge in [-0.1, -0.05) is 24.3 Å². The van der Waals surface area contributed by atoms with Crippen molar-refractivity contribution >= 4 is 11.8 Å². The third kappa shape index (κ3) is 7.07. The summed E-state index contributed by atoms with van der Waals surface area (Å²) in [6.45, 7) is 2.85. The SMILES string of the molecule is COCCOCC(=O)N1C[C@@H]2NC(=O)CN(C3CC3)Cc3cccc(c3)Oc3cccc(c3)CO[C@H]2C1. The fourth-order valence-corrected chi connectivity index (χ4v) is 4.85. The smallest absolute Gasteiger partial charge is 0.248 e. The van der Waals surface area contributed by atoms with Crippen LogP contribution in [0.4, 0.5) is 0 Å². The van der Waals surface area contributed by atoms with Gasteiger partial charge in [-0.3, -0.25) is 14.5 Å². The van der Waals surface area contributed by atoms with E-state index in [-0.39, 0.29) is 30.6 Å². The van der Waals surface area contributed by atoms with Crippen molar-refractivity contribution in [2.45, 2.75) is 44.2 Å². The van der Waals surface area contributed by atoms with Crippen molar-refractivity contribution in [2.24, 2.45) is 0 Å². The van der Waals surface area contributed by atoms with Crippen molar-refractivity contribution in [1.29, 1.82) is 0 Å². The Morgan fingerprint density at radius 3 is 2.54 bits per heavy atom. The normalized spacial score (nSPS) is 22.7. The highest BCUT2D eigenvalue weighted by Gasteiger charge is 2.38. The molecule has 2 atom stereocenters. The number of hydrogen-bond acceptors (Lipinski definition) is 7. The molecule has 2 aliphatic heterocycles. The molecule has 9 nitrogen and oxygen atoms in total. The molecule has 3 aliphatic rings. The lowest BCUT2D eigenvalue weighted by Gasteiger charge is -2.25. The molecule has 9 heteroatoms. The highest BCUT2D eigenvalue weighted by molar-refractivity contribution is 5.80. The fraction of sp³-hybridized carbons (Fsp3) is 0.500. The monoisotopic (exact) mass is 509 g/mol. The lowest BCUT2D eigenvalue weighted by Crippen LogP contribution is -2.48. The predicted molar refractivity (Wildman–Crippen MR) is 136 cm³/mol. The van der Waals surface area contributed by atoms with E-state index in [0.717, 1.165) is 35.5 Å². The van der Waals surface area contributed by atoms with Crippen molar-refractivity contribution < 1.29 is 28.5 Å². The van der Waals surface area contributed by atoms with Gasteiger partial charge in [0.15, 0.2) is 0 Å². The van der Waals surface area contributed by atoms with Crippen LogP contribution in [0.2, 0.25) is 0 Å². The number of carbonyl (C=O) groups excluding carboxylic acids is 2. The largest absolute Gasteiger partial charge is 0.457 e. The zero-order valence-corrected chi connectivity index (χ0v) is 21.3. The first-order valence-corrected chi connectivity index (χ1v) is 12.9. The molecular weight excluding hydrogens is 474 g/mol. The summed E-state index contributed by atoms with van der Waals surface area (Å²) in [5.41, 5.74) is 2.06. The van der Waals surface area contributed by atoms with Crippen molar-refractivity contribution in [3.05, 3.63) is 59.7 Å². The molecule has 4 bridgehead atoms. The van der Waals surface area contributed by atoms with Gasteiger partial charge in [0.2, 0.25) is 11.8 Å². The molecule has 1 aliphatic carbocycles. The van der Waals surface area contributed by atoms with Crippen LogP contribution in [0.1, 0.15) is 24.0 Å². The van der Waals surface area contributed by atoms with E-state index in [1.165, 1.54) is 0 Å². The second kappa shape index (κ2) is 12.0. The number of likely N-dealkylation sites (tertiary alicyclic amines) is 1. The highest BCUT2D eigenvalue weighted by atomic mass is 16.5. The minimum atomic E-state index is -0.327. The molecule has 1 saturated heterocycles. The maximum atomic E-state index is 13.2. The third-order valence-electron chi connectivity index (χ3n) is 6.91. The van der Waals surface area contributed by atoms with Gasteiger partial charge in [-0.2, -0.15) is 0 Å². The maximum Gasteiger partial charge on any atom is 0.248 e. The van der Waals surface area contributed by atoms with Gasteiger partial charge in [0.25, 0.3) is 0 Å². The Bertz CT molecular complexity index is 1090. The predicted octanol–water partition coefficient (Wildman–Crippen LogP) is 2.33. The highest BCUT2D eigenvalue weighted by Crippen LogP contribution is 2.30. The average Bonchev–Trinajstić information content (AvgIpc) is 3.66. The second-order valence-corrected chi connectivity index (χ2v) is 9.90. The zero-order valence-electron chi connectivity index (χ0n) is 21.3. The summed E-state index contributed by atoms with van der Waals surface area (Å²) in [4.78, 5) is 29.9. The van der Waals surface area contributed by atoms with Crippen molar-refractivity contribution in [1.82, 2.24) is 15.1 Å². The molecule has 2 fully saturated rings. The first-order chi connectivity index (χ1) is 18.1. The summed E-state index contributed by atoms with van der Waals surface area (Å²) in [5, 5.41) is 3.16. The minimum Gasteiger partial charge on any atom is -0.457 e. The molecule has 0 spiro atoms. The second-order valence-electron chi connectivity index (χ2n) is 9.90. The molecule has 0 unspecified atom stereocenters. The van der Waals surface area contributed by atoms with Crippen LogP contribution in [0.5, 0.6) is 11.5 Å². The Morgan fingerprint density at radius 1 is 1.03 bits per heavy atom. The zero-order chi connectivity index (χ0) is 25.6. The van der Waals surface area contributed by atoms with Gasteiger partial charge in [-0.15, -0.1) is 0 Å². The van der Waals surface area contributed by atoms with Crippen LogP contribution in [0.25, 0.3) is 0 Å². The molecule has 2 heterocycles. The first-order valence-electron chi connectivity index (χ1n) is 12.9. The van der Waals surface area contributed by atoms with Gasteiger partial charge in [0.1, 0.15) is 18.1 Å². The molecule has 2 aromatic rings.